The zero-order chi connectivity index (χ0) is 29.8. The molecule has 3 N–H and O–H groups in total. The van der Waals surface area contributed by atoms with E-state index in [-0.39, 0.29) is 30.5 Å². The number of ether oxygens (including phenoxy) is 1. The van der Waals surface area contributed by atoms with Crippen LogP contribution < -0.4 is 15.5 Å². The van der Waals surface area contributed by atoms with Gasteiger partial charge in [-0.15, -0.1) is 0 Å². The molecule has 42 heavy (non-hydrogen) atoms. The van der Waals surface area contributed by atoms with E-state index >= 15 is 0 Å². The summed E-state index contributed by atoms with van der Waals surface area (Å²) >= 11 is 6.48. The molecular formula is C30H36ClN7O4. The lowest BCUT2D eigenvalue weighted by Gasteiger charge is -2.26. The minimum atomic E-state index is -0.688. The predicted octanol–water partition coefficient (Wildman–Crippen LogP) is 3.43. The molecule has 1 fully saturated rings. The lowest BCUT2D eigenvalue weighted by atomic mass is 10.0. The van der Waals surface area contributed by atoms with E-state index in [1.807, 2.05) is 43.1 Å². The second kappa shape index (κ2) is 13.0. The van der Waals surface area contributed by atoms with Crippen molar-refractivity contribution in [3.8, 4) is 11.3 Å². The quantitative estimate of drug-likeness (QED) is 0.323. The Morgan fingerprint density at radius 2 is 2.00 bits per heavy atom. The molecule has 4 heterocycles. The third-order valence-corrected chi connectivity index (χ3v) is 8.09. The fraction of sp³-hybridized carbons (Fsp3) is 0.433. The number of hydrogen-bond acceptors (Lipinski definition) is 9. The highest BCUT2D eigenvalue weighted by Crippen LogP contribution is 2.32. The van der Waals surface area contributed by atoms with Gasteiger partial charge in [0.25, 0.3) is 5.91 Å². The fourth-order valence-electron chi connectivity index (χ4n) is 5.18. The van der Waals surface area contributed by atoms with Crippen molar-refractivity contribution in [2.24, 2.45) is 0 Å². The van der Waals surface area contributed by atoms with Crippen LogP contribution in [0.5, 0.6) is 0 Å². The number of nitrogens with zero attached hydrogens (tertiary/aromatic N) is 5. The van der Waals surface area contributed by atoms with Gasteiger partial charge >= 0.3 is 0 Å². The number of halogens is 1. The van der Waals surface area contributed by atoms with Gasteiger partial charge in [0.2, 0.25) is 11.9 Å². The first-order chi connectivity index (χ1) is 20.2. The Kier molecular flexibility index (Phi) is 9.20. The SMILES string of the molecule is CC(NC(=O)C(C)N1Cc2ccc(-c3nc(NC4CCOCC4)ncc3Cl)cc2C1=O)c1ccnc(N(C)CCO)c1. The standard InChI is InChI=1S/C30H36ClN7O4/c1-18(20-6-9-32-26(15-20)37(3)10-11-39)34-28(40)19(2)38-17-22-5-4-21(14-24(22)29(38)41)27-25(31)16-33-30(36-27)35-23-7-12-42-13-8-23/h4-6,9,14-16,18-19,23,39H,7-8,10-13,17H2,1-3H3,(H,34,40)(H,33,35,36). The van der Waals surface area contributed by atoms with Crippen molar-refractivity contribution in [3.05, 3.63) is 64.4 Å². The number of nitrogens with one attached hydrogen (secondary N) is 2. The highest BCUT2D eigenvalue weighted by molar-refractivity contribution is 6.33. The molecule has 2 amide bonds. The van der Waals surface area contributed by atoms with Gasteiger partial charge in [0.15, 0.2) is 0 Å². The third kappa shape index (κ3) is 6.48. The summed E-state index contributed by atoms with van der Waals surface area (Å²) in [6.45, 7) is 5.81. The number of rotatable bonds is 10. The zero-order valence-electron chi connectivity index (χ0n) is 24.0. The first-order valence-electron chi connectivity index (χ1n) is 14.1. The number of aromatic nitrogens is 3. The smallest absolute Gasteiger partial charge is 0.255 e. The number of aliphatic hydroxyl groups is 1. The Morgan fingerprint density at radius 3 is 2.76 bits per heavy atom. The van der Waals surface area contributed by atoms with Crippen molar-refractivity contribution in [2.45, 2.75) is 51.4 Å². The summed E-state index contributed by atoms with van der Waals surface area (Å²) in [6.07, 6.45) is 4.99. The number of amides is 2. The zero-order valence-corrected chi connectivity index (χ0v) is 24.8. The molecule has 0 radical (unpaired) electrons. The number of aliphatic hydroxyl groups excluding tert-OH is 1. The Balaban J connectivity index is 1.27. The monoisotopic (exact) mass is 593 g/mol. The lowest BCUT2D eigenvalue weighted by molar-refractivity contribution is -0.125. The molecule has 1 saturated heterocycles. The van der Waals surface area contributed by atoms with Crippen molar-refractivity contribution in [1.82, 2.24) is 25.2 Å². The second-order valence-electron chi connectivity index (χ2n) is 10.7. The van der Waals surface area contributed by atoms with Crippen LogP contribution in [0, 0.1) is 0 Å². The van der Waals surface area contributed by atoms with Gasteiger partial charge in [0, 0.05) is 56.7 Å². The van der Waals surface area contributed by atoms with Crippen LogP contribution in [0.3, 0.4) is 0 Å². The number of hydrogen-bond donors (Lipinski definition) is 3. The van der Waals surface area contributed by atoms with E-state index in [0.29, 0.717) is 59.9 Å². The molecule has 0 spiro atoms. The fourth-order valence-corrected chi connectivity index (χ4v) is 5.38. The Labute approximate surface area is 250 Å². The van der Waals surface area contributed by atoms with Crippen LogP contribution in [0.25, 0.3) is 11.3 Å². The lowest BCUT2D eigenvalue weighted by Crippen LogP contribution is -2.45. The molecule has 5 rings (SSSR count). The van der Waals surface area contributed by atoms with E-state index in [2.05, 4.69) is 25.6 Å². The maximum Gasteiger partial charge on any atom is 0.255 e. The predicted molar refractivity (Wildman–Crippen MR) is 160 cm³/mol. The van der Waals surface area contributed by atoms with Gasteiger partial charge in [0.1, 0.15) is 11.9 Å². The van der Waals surface area contributed by atoms with E-state index in [1.165, 1.54) is 0 Å². The van der Waals surface area contributed by atoms with Crippen LogP contribution in [0.2, 0.25) is 5.02 Å². The van der Waals surface area contributed by atoms with Crippen LogP contribution in [-0.4, -0.2) is 82.3 Å². The van der Waals surface area contributed by atoms with Gasteiger partial charge in [-0.05, 0) is 56.0 Å². The van der Waals surface area contributed by atoms with Crippen LogP contribution >= 0.6 is 11.6 Å². The van der Waals surface area contributed by atoms with E-state index in [1.54, 1.807) is 30.3 Å². The third-order valence-electron chi connectivity index (χ3n) is 7.82. The molecule has 1 aromatic carbocycles. The van der Waals surface area contributed by atoms with Gasteiger partial charge in [0.05, 0.1) is 29.6 Å². The number of anilines is 2. The van der Waals surface area contributed by atoms with Gasteiger partial charge in [-0.25, -0.2) is 15.0 Å². The number of benzene rings is 1. The average Bonchev–Trinajstić information content (AvgIpc) is 3.33. The molecule has 12 heteroatoms. The van der Waals surface area contributed by atoms with Crippen molar-refractivity contribution in [3.63, 3.8) is 0 Å². The molecule has 2 aromatic heterocycles. The summed E-state index contributed by atoms with van der Waals surface area (Å²) in [5, 5.41) is 16.0. The summed E-state index contributed by atoms with van der Waals surface area (Å²) in [5.74, 6) is 0.709. The molecular weight excluding hydrogens is 558 g/mol. The molecule has 2 unspecified atom stereocenters. The van der Waals surface area contributed by atoms with Crippen LogP contribution in [0.15, 0.2) is 42.7 Å². The minimum Gasteiger partial charge on any atom is -0.395 e. The Hall–Kier alpha value is -3.80. The average molecular weight is 594 g/mol. The molecule has 2 aliphatic rings. The summed E-state index contributed by atoms with van der Waals surface area (Å²) in [7, 11) is 1.84. The summed E-state index contributed by atoms with van der Waals surface area (Å²) in [6, 6.07) is 8.53. The number of carbonyl (C=O) groups excluding carboxylic acids is 2. The van der Waals surface area contributed by atoms with Crippen molar-refractivity contribution in [1.29, 1.82) is 0 Å². The minimum absolute atomic E-state index is 0.0148. The number of fused-ring (bicyclic) bond motifs is 1. The Morgan fingerprint density at radius 1 is 1.21 bits per heavy atom. The summed E-state index contributed by atoms with van der Waals surface area (Å²) in [4.78, 5) is 43.5. The van der Waals surface area contributed by atoms with Crippen LogP contribution in [-0.2, 0) is 16.1 Å². The van der Waals surface area contributed by atoms with E-state index < -0.39 is 6.04 Å². The van der Waals surface area contributed by atoms with E-state index in [4.69, 9.17) is 16.3 Å². The maximum atomic E-state index is 13.5. The van der Waals surface area contributed by atoms with E-state index in [9.17, 15) is 14.7 Å². The second-order valence-corrected chi connectivity index (χ2v) is 11.1. The van der Waals surface area contributed by atoms with Gasteiger partial charge in [-0.1, -0.05) is 23.7 Å². The first-order valence-corrected chi connectivity index (χ1v) is 14.5. The number of carbonyl (C=O) groups is 2. The van der Waals surface area contributed by atoms with Crippen molar-refractivity contribution in [2.75, 3.05) is 43.6 Å². The van der Waals surface area contributed by atoms with Crippen molar-refractivity contribution < 1.29 is 19.4 Å². The van der Waals surface area contributed by atoms with Gasteiger partial charge < -0.3 is 30.3 Å². The number of pyridine rings is 1. The first kappa shape index (κ1) is 29.7. The highest BCUT2D eigenvalue weighted by Gasteiger charge is 2.34. The topological polar surface area (TPSA) is 133 Å². The largest absolute Gasteiger partial charge is 0.395 e. The molecule has 2 aliphatic heterocycles. The molecule has 2 atom stereocenters. The molecule has 11 nitrogen and oxygen atoms in total. The molecule has 0 saturated carbocycles. The molecule has 3 aromatic rings. The summed E-state index contributed by atoms with van der Waals surface area (Å²) in [5.41, 5.74) is 3.49. The maximum absolute atomic E-state index is 13.5. The summed E-state index contributed by atoms with van der Waals surface area (Å²) < 4.78 is 5.43. The van der Waals surface area contributed by atoms with Crippen LogP contribution in [0.4, 0.5) is 11.8 Å². The highest BCUT2D eigenvalue weighted by atomic mass is 35.5. The van der Waals surface area contributed by atoms with Crippen LogP contribution in [0.1, 0.15) is 54.2 Å². The normalized spacial score (nSPS) is 16.6. The van der Waals surface area contributed by atoms with Gasteiger partial charge in [-0.3, -0.25) is 9.59 Å². The van der Waals surface area contributed by atoms with E-state index in [0.717, 1.165) is 24.0 Å². The Bertz CT molecular complexity index is 1450. The van der Waals surface area contributed by atoms with Gasteiger partial charge in [-0.2, -0.15) is 0 Å². The molecule has 0 aliphatic carbocycles. The molecule has 0 bridgehead atoms. The molecule has 222 valence electrons. The number of likely N-dealkylation sites (N-methyl/N-ethyl adjacent to an activating group) is 1. The van der Waals surface area contributed by atoms with Crippen molar-refractivity contribution >= 4 is 35.2 Å².